The Morgan fingerprint density at radius 2 is 0.757 bits per heavy atom. The van der Waals surface area contributed by atoms with Gasteiger partial charge in [0.1, 0.15) is 0 Å². The van der Waals surface area contributed by atoms with Gasteiger partial charge in [0.2, 0.25) is 0 Å². The average molecular weight is 475 g/mol. The van der Waals surface area contributed by atoms with Crippen molar-refractivity contribution in [1.29, 1.82) is 0 Å². The molecule has 0 amide bonds. The smallest absolute Gasteiger partial charge is 0.0619 e. The molecule has 0 fully saturated rings. The summed E-state index contributed by atoms with van der Waals surface area (Å²) in [5.74, 6) is 0. The minimum absolute atomic E-state index is 0.382. The predicted octanol–water partition coefficient (Wildman–Crippen LogP) is 9.59. The van der Waals surface area contributed by atoms with Crippen LogP contribution in [0.2, 0.25) is 0 Å². The molecule has 0 bridgehead atoms. The van der Waals surface area contributed by atoms with Crippen LogP contribution in [-0.2, 0) is 5.41 Å². The van der Waals surface area contributed by atoms with Gasteiger partial charge in [0.05, 0.1) is 5.41 Å². The van der Waals surface area contributed by atoms with E-state index < -0.39 is 0 Å². The van der Waals surface area contributed by atoms with Crippen molar-refractivity contribution in [2.24, 2.45) is 0 Å². The van der Waals surface area contributed by atoms with Gasteiger partial charge in [0, 0.05) is 0 Å². The van der Waals surface area contributed by atoms with Gasteiger partial charge in [0.25, 0.3) is 0 Å². The lowest BCUT2D eigenvalue weighted by atomic mass is 9.67. The van der Waals surface area contributed by atoms with E-state index in [1.54, 1.807) is 0 Å². The molecule has 178 valence electrons. The normalized spacial score (nSPS) is 13.6. The van der Waals surface area contributed by atoms with Gasteiger partial charge in [-0.15, -0.1) is 0 Å². The molecule has 1 aliphatic rings. The van der Waals surface area contributed by atoms with Crippen molar-refractivity contribution in [2.75, 3.05) is 0 Å². The lowest BCUT2D eigenvalue weighted by Gasteiger charge is -2.34. The summed E-state index contributed by atoms with van der Waals surface area (Å²) in [6, 6.07) is 41.6. The monoisotopic (exact) mass is 474 g/mol. The molecule has 7 rings (SSSR count). The fourth-order valence-corrected chi connectivity index (χ4v) is 6.54. The van der Waals surface area contributed by atoms with Gasteiger partial charge in [-0.25, -0.2) is 0 Å². The molecule has 0 aliphatic heterocycles. The van der Waals surface area contributed by atoms with Gasteiger partial charge in [0.15, 0.2) is 0 Å². The molecule has 0 spiro atoms. The quantitative estimate of drug-likeness (QED) is 0.234. The van der Waals surface area contributed by atoms with Gasteiger partial charge in [-0.3, -0.25) is 0 Å². The van der Waals surface area contributed by atoms with Crippen LogP contribution in [0.25, 0.3) is 32.7 Å². The molecule has 0 saturated heterocycles. The summed E-state index contributed by atoms with van der Waals surface area (Å²) in [6.07, 6.45) is 0. The molecule has 6 aromatic carbocycles. The summed E-state index contributed by atoms with van der Waals surface area (Å²) in [7, 11) is 0. The second-order valence-corrected chi connectivity index (χ2v) is 10.8. The van der Waals surface area contributed by atoms with Crippen LogP contribution < -0.4 is 0 Å². The van der Waals surface area contributed by atoms with Crippen LogP contribution in [0.3, 0.4) is 0 Å². The van der Waals surface area contributed by atoms with Crippen molar-refractivity contribution < 1.29 is 0 Å². The van der Waals surface area contributed by atoms with E-state index in [-0.39, 0.29) is 5.41 Å². The minimum atomic E-state index is -0.382. The number of hydrogen-bond donors (Lipinski definition) is 0. The predicted molar refractivity (Wildman–Crippen MR) is 158 cm³/mol. The Morgan fingerprint density at radius 1 is 0.378 bits per heavy atom. The highest BCUT2D eigenvalue weighted by Crippen LogP contribution is 2.56. The zero-order valence-corrected chi connectivity index (χ0v) is 21.9. The summed E-state index contributed by atoms with van der Waals surface area (Å²) in [5.41, 5.74) is 13.0. The van der Waals surface area contributed by atoms with Crippen molar-refractivity contribution in [2.45, 2.75) is 33.1 Å². The summed E-state index contributed by atoms with van der Waals surface area (Å²) in [4.78, 5) is 0. The molecule has 1 aliphatic carbocycles. The van der Waals surface area contributed by atoms with E-state index in [2.05, 4.69) is 137 Å². The van der Waals surface area contributed by atoms with Crippen molar-refractivity contribution in [1.82, 2.24) is 0 Å². The van der Waals surface area contributed by atoms with Crippen molar-refractivity contribution in [3.8, 4) is 11.1 Å². The third kappa shape index (κ3) is 3.09. The maximum Gasteiger partial charge on any atom is 0.0714 e. The third-order valence-corrected chi connectivity index (χ3v) is 8.72. The number of rotatable bonds is 2. The molecular formula is C37H30. The highest BCUT2D eigenvalue weighted by atomic mass is 14.5. The molecule has 0 radical (unpaired) electrons. The lowest BCUT2D eigenvalue weighted by molar-refractivity contribution is 0.771. The highest BCUT2D eigenvalue weighted by Gasteiger charge is 2.46. The van der Waals surface area contributed by atoms with Crippen LogP contribution in [0.5, 0.6) is 0 Å². The Kier molecular flexibility index (Phi) is 4.72. The van der Waals surface area contributed by atoms with Crippen LogP contribution in [0.1, 0.15) is 44.5 Å². The molecule has 0 unspecified atom stereocenters. The molecule has 0 aromatic heterocycles. The van der Waals surface area contributed by atoms with Crippen molar-refractivity contribution >= 4 is 21.5 Å². The molecular weight excluding hydrogens is 444 g/mol. The van der Waals surface area contributed by atoms with Crippen LogP contribution >= 0.6 is 0 Å². The zero-order valence-electron chi connectivity index (χ0n) is 21.9. The fourth-order valence-electron chi connectivity index (χ4n) is 6.54. The minimum Gasteiger partial charge on any atom is -0.0619 e. The maximum atomic E-state index is 2.44. The van der Waals surface area contributed by atoms with E-state index in [0.29, 0.717) is 0 Å². The Balaban J connectivity index is 1.62. The Morgan fingerprint density at radius 3 is 1.19 bits per heavy atom. The molecule has 37 heavy (non-hydrogen) atoms. The first-order valence-electron chi connectivity index (χ1n) is 13.2. The molecule has 6 aromatic rings. The van der Waals surface area contributed by atoms with E-state index in [0.717, 1.165) is 0 Å². The average Bonchev–Trinajstić information content (AvgIpc) is 3.21. The highest BCUT2D eigenvalue weighted by molar-refractivity contribution is 5.92. The van der Waals surface area contributed by atoms with Crippen LogP contribution in [0.4, 0.5) is 0 Å². The number of hydrogen-bond acceptors (Lipinski definition) is 0. The summed E-state index contributed by atoms with van der Waals surface area (Å²) < 4.78 is 0. The van der Waals surface area contributed by atoms with E-state index in [1.807, 2.05) is 0 Å². The maximum absolute atomic E-state index is 2.44. The van der Waals surface area contributed by atoms with Crippen LogP contribution in [0, 0.1) is 27.7 Å². The molecule has 0 heteroatoms. The first-order valence-corrected chi connectivity index (χ1v) is 13.2. The molecule has 0 atom stereocenters. The molecule has 0 heterocycles. The largest absolute Gasteiger partial charge is 0.0714 e. The summed E-state index contributed by atoms with van der Waals surface area (Å²) >= 11 is 0. The first-order chi connectivity index (χ1) is 18.0. The van der Waals surface area contributed by atoms with Gasteiger partial charge < -0.3 is 0 Å². The number of fused-ring (bicyclic) bond motifs is 5. The standard InChI is InChI=1S/C37H30/c1-23-17-27-13-15-31(21-29(27)19-25(23)3)37(32-16-14-28-18-24(2)26(4)20-30(28)22-32)35-11-7-5-9-33(35)34-10-6-8-12-36(34)37/h5-22H,1-4H3. The molecule has 0 saturated carbocycles. The van der Waals surface area contributed by atoms with Gasteiger partial charge >= 0.3 is 0 Å². The number of aryl methyl sites for hydroxylation is 4. The Bertz CT molecular complexity index is 1730. The molecule has 0 N–H and O–H groups in total. The van der Waals surface area contributed by atoms with E-state index >= 15 is 0 Å². The number of benzene rings is 6. The van der Waals surface area contributed by atoms with Crippen LogP contribution in [0.15, 0.2) is 109 Å². The Hall–Kier alpha value is -4.16. The SMILES string of the molecule is Cc1cc2ccc(C3(c4ccc5cc(C)c(C)cc5c4)c4ccccc4-c4ccccc43)cc2cc1C. The van der Waals surface area contributed by atoms with Crippen molar-refractivity contribution in [3.63, 3.8) is 0 Å². The topological polar surface area (TPSA) is 0 Å². The lowest BCUT2D eigenvalue weighted by Crippen LogP contribution is -2.28. The molecule has 0 nitrogen and oxygen atoms in total. The Labute approximate surface area is 219 Å². The third-order valence-electron chi connectivity index (χ3n) is 8.72. The second kappa shape index (κ2) is 7.92. The summed E-state index contributed by atoms with van der Waals surface area (Å²) in [5, 5.41) is 5.19. The van der Waals surface area contributed by atoms with Gasteiger partial charge in [-0.1, -0.05) is 97.1 Å². The second-order valence-electron chi connectivity index (χ2n) is 10.8. The zero-order chi connectivity index (χ0) is 25.3. The van der Waals surface area contributed by atoms with E-state index in [4.69, 9.17) is 0 Å². The first kappa shape index (κ1) is 22.1. The fraction of sp³-hybridized carbons (Fsp3) is 0.135. The van der Waals surface area contributed by atoms with Gasteiger partial charge in [-0.2, -0.15) is 0 Å². The van der Waals surface area contributed by atoms with E-state index in [9.17, 15) is 0 Å². The van der Waals surface area contributed by atoms with Gasteiger partial charge in [-0.05, 0) is 117 Å². The van der Waals surface area contributed by atoms with Crippen LogP contribution in [-0.4, -0.2) is 0 Å². The van der Waals surface area contributed by atoms with E-state index in [1.165, 1.54) is 77.2 Å². The summed E-state index contributed by atoms with van der Waals surface area (Å²) in [6.45, 7) is 8.83. The van der Waals surface area contributed by atoms with Crippen molar-refractivity contribution in [3.05, 3.63) is 154 Å².